The molecule has 0 radical (unpaired) electrons. The minimum atomic E-state index is -0.716. The number of aromatic nitrogens is 1. The molecule has 0 aliphatic heterocycles. The van der Waals surface area contributed by atoms with E-state index in [4.69, 9.17) is 5.11 Å². The average Bonchev–Trinajstić information content (AvgIpc) is 2.60. The molecule has 1 rings (SSSR count). The molecule has 0 amide bonds. The number of thiazole rings is 1. The molecule has 0 aliphatic carbocycles. The van der Waals surface area contributed by atoms with Crippen molar-refractivity contribution in [2.75, 3.05) is 20.1 Å². The van der Waals surface area contributed by atoms with Crippen molar-refractivity contribution in [3.63, 3.8) is 0 Å². The van der Waals surface area contributed by atoms with Gasteiger partial charge in [0.15, 0.2) is 0 Å². The topological polar surface area (TPSA) is 53.4 Å². The number of nitrogens with zero attached hydrogens (tertiary/aromatic N) is 2. The van der Waals surface area contributed by atoms with E-state index >= 15 is 0 Å². The van der Waals surface area contributed by atoms with Gasteiger partial charge < -0.3 is 10.0 Å². The second kappa shape index (κ2) is 6.60. The Morgan fingerprint density at radius 3 is 2.88 bits per heavy atom. The number of carboxylic acids is 1. The molecule has 0 spiro atoms. The SMILES string of the molecule is Cc1ncsc1CCN(C)CCCC(=O)O. The first-order valence-electron chi connectivity index (χ1n) is 5.39. The normalized spacial score (nSPS) is 10.9. The highest BCUT2D eigenvalue weighted by molar-refractivity contribution is 7.09. The fourth-order valence-corrected chi connectivity index (χ4v) is 2.24. The molecular weight excluding hydrogens is 224 g/mol. The van der Waals surface area contributed by atoms with Crippen LogP contribution < -0.4 is 0 Å². The Labute approximate surface area is 99.9 Å². The van der Waals surface area contributed by atoms with E-state index in [-0.39, 0.29) is 6.42 Å². The van der Waals surface area contributed by atoms with Crippen LogP contribution in [0.3, 0.4) is 0 Å². The molecule has 0 saturated carbocycles. The number of aliphatic carboxylic acids is 1. The van der Waals surface area contributed by atoms with Gasteiger partial charge >= 0.3 is 5.97 Å². The van der Waals surface area contributed by atoms with E-state index < -0.39 is 5.97 Å². The van der Waals surface area contributed by atoms with Crippen molar-refractivity contribution in [3.05, 3.63) is 16.1 Å². The first kappa shape index (κ1) is 13.1. The minimum absolute atomic E-state index is 0.254. The number of rotatable bonds is 7. The molecule has 1 heterocycles. The Balaban J connectivity index is 2.17. The van der Waals surface area contributed by atoms with Gasteiger partial charge in [0.05, 0.1) is 11.2 Å². The number of likely N-dealkylation sites (N-methyl/N-ethyl adjacent to an activating group) is 1. The van der Waals surface area contributed by atoms with Crippen molar-refractivity contribution in [3.8, 4) is 0 Å². The highest BCUT2D eigenvalue weighted by Gasteiger charge is 2.04. The molecule has 1 aromatic heterocycles. The summed E-state index contributed by atoms with van der Waals surface area (Å²) in [6.07, 6.45) is 1.97. The van der Waals surface area contributed by atoms with Gasteiger partial charge in [0.2, 0.25) is 0 Å². The first-order chi connectivity index (χ1) is 7.59. The molecule has 0 aromatic carbocycles. The largest absolute Gasteiger partial charge is 0.481 e. The van der Waals surface area contributed by atoms with E-state index in [1.807, 2.05) is 19.5 Å². The zero-order valence-corrected chi connectivity index (χ0v) is 10.6. The van der Waals surface area contributed by atoms with Gasteiger partial charge in [-0.3, -0.25) is 4.79 Å². The van der Waals surface area contributed by atoms with Gasteiger partial charge in [-0.25, -0.2) is 4.98 Å². The molecule has 90 valence electrons. The van der Waals surface area contributed by atoms with Crippen LogP contribution in [0.4, 0.5) is 0 Å². The lowest BCUT2D eigenvalue weighted by Gasteiger charge is -2.15. The molecular formula is C11H18N2O2S. The van der Waals surface area contributed by atoms with Gasteiger partial charge in [-0.2, -0.15) is 0 Å². The van der Waals surface area contributed by atoms with Crippen LogP contribution in [-0.2, 0) is 11.2 Å². The van der Waals surface area contributed by atoms with Gasteiger partial charge in [-0.15, -0.1) is 11.3 Å². The lowest BCUT2D eigenvalue weighted by Crippen LogP contribution is -2.22. The van der Waals surface area contributed by atoms with Crippen molar-refractivity contribution >= 4 is 17.3 Å². The Hall–Kier alpha value is -0.940. The van der Waals surface area contributed by atoms with Crippen molar-refractivity contribution < 1.29 is 9.90 Å². The van der Waals surface area contributed by atoms with Crippen LogP contribution in [0.1, 0.15) is 23.4 Å². The van der Waals surface area contributed by atoms with Crippen LogP contribution in [0, 0.1) is 6.92 Å². The zero-order chi connectivity index (χ0) is 12.0. The predicted octanol–water partition coefficient (Wildman–Crippen LogP) is 1.79. The van der Waals surface area contributed by atoms with Gasteiger partial charge in [-0.1, -0.05) is 0 Å². The number of aryl methyl sites for hydroxylation is 1. The number of hydrogen-bond donors (Lipinski definition) is 1. The third kappa shape index (κ3) is 4.72. The standard InChI is InChI=1S/C11H18N2O2S/c1-9-10(16-8-12-9)5-7-13(2)6-3-4-11(14)15/h8H,3-7H2,1-2H3,(H,14,15). The van der Waals surface area contributed by atoms with Crippen molar-refractivity contribution in [2.24, 2.45) is 0 Å². The molecule has 5 heteroatoms. The third-order valence-corrected chi connectivity index (χ3v) is 3.49. The second-order valence-electron chi connectivity index (χ2n) is 3.91. The molecule has 0 fully saturated rings. The van der Waals surface area contributed by atoms with Gasteiger partial charge in [0.1, 0.15) is 0 Å². The maximum absolute atomic E-state index is 10.3. The smallest absolute Gasteiger partial charge is 0.303 e. The van der Waals surface area contributed by atoms with Gasteiger partial charge in [-0.05, 0) is 33.4 Å². The van der Waals surface area contributed by atoms with E-state index in [0.29, 0.717) is 6.42 Å². The fraction of sp³-hybridized carbons (Fsp3) is 0.636. The summed E-state index contributed by atoms with van der Waals surface area (Å²) >= 11 is 1.69. The maximum Gasteiger partial charge on any atom is 0.303 e. The van der Waals surface area contributed by atoms with E-state index in [1.54, 1.807) is 11.3 Å². The summed E-state index contributed by atoms with van der Waals surface area (Å²) in [5, 5.41) is 8.52. The molecule has 0 saturated heterocycles. The average molecular weight is 242 g/mol. The quantitative estimate of drug-likeness (QED) is 0.792. The highest BCUT2D eigenvalue weighted by Crippen LogP contribution is 2.12. The number of hydrogen-bond acceptors (Lipinski definition) is 4. The van der Waals surface area contributed by atoms with E-state index in [1.165, 1.54) is 4.88 Å². The summed E-state index contributed by atoms with van der Waals surface area (Å²) in [6, 6.07) is 0. The van der Waals surface area contributed by atoms with Crippen LogP contribution in [0.25, 0.3) is 0 Å². The number of carboxylic acid groups (broad SMARTS) is 1. The summed E-state index contributed by atoms with van der Waals surface area (Å²) in [7, 11) is 2.03. The number of carbonyl (C=O) groups is 1. The summed E-state index contributed by atoms with van der Waals surface area (Å²) in [5.74, 6) is -0.716. The fourth-order valence-electron chi connectivity index (χ4n) is 1.47. The van der Waals surface area contributed by atoms with Crippen molar-refractivity contribution in [1.29, 1.82) is 0 Å². The van der Waals surface area contributed by atoms with Crippen molar-refractivity contribution in [1.82, 2.24) is 9.88 Å². The molecule has 16 heavy (non-hydrogen) atoms. The van der Waals surface area contributed by atoms with Crippen LogP contribution >= 0.6 is 11.3 Å². The second-order valence-corrected chi connectivity index (χ2v) is 4.85. The Morgan fingerprint density at radius 2 is 2.31 bits per heavy atom. The molecule has 4 nitrogen and oxygen atoms in total. The summed E-state index contributed by atoms with van der Waals surface area (Å²) in [6.45, 7) is 3.82. The van der Waals surface area contributed by atoms with Gasteiger partial charge in [0, 0.05) is 17.8 Å². The van der Waals surface area contributed by atoms with Gasteiger partial charge in [0.25, 0.3) is 0 Å². The van der Waals surface area contributed by atoms with Crippen LogP contribution in [-0.4, -0.2) is 41.1 Å². The lowest BCUT2D eigenvalue weighted by molar-refractivity contribution is -0.137. The van der Waals surface area contributed by atoms with Crippen molar-refractivity contribution in [2.45, 2.75) is 26.2 Å². The Kier molecular flexibility index (Phi) is 5.42. The first-order valence-corrected chi connectivity index (χ1v) is 6.27. The molecule has 1 N–H and O–H groups in total. The molecule has 0 unspecified atom stereocenters. The summed E-state index contributed by atoms with van der Waals surface area (Å²) < 4.78 is 0. The molecule has 0 bridgehead atoms. The van der Waals surface area contributed by atoms with E-state index in [0.717, 1.165) is 25.2 Å². The van der Waals surface area contributed by atoms with Crippen LogP contribution in [0.5, 0.6) is 0 Å². The third-order valence-electron chi connectivity index (χ3n) is 2.50. The molecule has 0 atom stereocenters. The predicted molar refractivity (Wildman–Crippen MR) is 64.9 cm³/mol. The summed E-state index contributed by atoms with van der Waals surface area (Å²) in [4.78, 5) is 18.0. The molecule has 1 aromatic rings. The Bertz CT molecular complexity index is 338. The lowest BCUT2D eigenvalue weighted by atomic mass is 10.2. The zero-order valence-electron chi connectivity index (χ0n) is 9.77. The molecule has 0 aliphatic rings. The van der Waals surface area contributed by atoms with E-state index in [9.17, 15) is 4.79 Å². The highest BCUT2D eigenvalue weighted by atomic mass is 32.1. The van der Waals surface area contributed by atoms with E-state index in [2.05, 4.69) is 9.88 Å². The summed E-state index contributed by atoms with van der Waals surface area (Å²) in [5.41, 5.74) is 2.98. The minimum Gasteiger partial charge on any atom is -0.481 e. The van der Waals surface area contributed by atoms with Crippen LogP contribution in [0.2, 0.25) is 0 Å². The monoisotopic (exact) mass is 242 g/mol. The van der Waals surface area contributed by atoms with Crippen LogP contribution in [0.15, 0.2) is 5.51 Å². The maximum atomic E-state index is 10.3. The Morgan fingerprint density at radius 1 is 1.56 bits per heavy atom.